The lowest BCUT2D eigenvalue weighted by atomic mass is 10.1. The number of hydrogen-bond acceptors (Lipinski definition) is 2. The predicted molar refractivity (Wildman–Crippen MR) is 75.5 cm³/mol. The zero-order chi connectivity index (χ0) is 18.2. The number of hydrogen-bond donors (Lipinski definition) is 0. The standard InChI is InChI=1S/C17H8F6O2/c18-12-8-10(3-4-11(12)15-2-1-5-24-15)25-16-13(19)6-9(7-14(16)20)17(21,22)23/h1-8H. The van der Waals surface area contributed by atoms with Crippen LogP contribution in [-0.2, 0) is 6.18 Å². The molecule has 0 N–H and O–H groups in total. The third-order valence-corrected chi connectivity index (χ3v) is 3.27. The molecule has 0 saturated heterocycles. The Morgan fingerprint density at radius 3 is 2.04 bits per heavy atom. The molecule has 0 aliphatic carbocycles. The van der Waals surface area contributed by atoms with E-state index in [1.165, 1.54) is 24.5 Å². The Hall–Kier alpha value is -2.90. The molecule has 0 fully saturated rings. The first-order valence-electron chi connectivity index (χ1n) is 6.83. The maximum Gasteiger partial charge on any atom is 0.416 e. The van der Waals surface area contributed by atoms with Crippen LogP contribution in [0.15, 0.2) is 53.1 Å². The number of halogens is 6. The molecule has 2 nitrogen and oxygen atoms in total. The van der Waals surface area contributed by atoms with E-state index in [9.17, 15) is 26.3 Å². The Labute approximate surface area is 137 Å². The van der Waals surface area contributed by atoms with E-state index in [0.29, 0.717) is 0 Å². The first-order chi connectivity index (χ1) is 11.8. The van der Waals surface area contributed by atoms with Crippen LogP contribution in [0.2, 0.25) is 0 Å². The molecule has 1 aromatic heterocycles. The summed E-state index contributed by atoms with van der Waals surface area (Å²) in [6.07, 6.45) is -3.57. The van der Waals surface area contributed by atoms with Gasteiger partial charge in [-0.2, -0.15) is 13.2 Å². The van der Waals surface area contributed by atoms with Gasteiger partial charge in [-0.3, -0.25) is 0 Å². The number of rotatable bonds is 3. The van der Waals surface area contributed by atoms with E-state index >= 15 is 0 Å². The zero-order valence-corrected chi connectivity index (χ0v) is 12.2. The van der Waals surface area contributed by atoms with Crippen LogP contribution in [-0.4, -0.2) is 0 Å². The first kappa shape index (κ1) is 16.9. The van der Waals surface area contributed by atoms with E-state index in [4.69, 9.17) is 9.15 Å². The van der Waals surface area contributed by atoms with Crippen LogP contribution in [0.1, 0.15) is 5.56 Å². The number of alkyl halides is 3. The summed E-state index contributed by atoms with van der Waals surface area (Å²) in [5.74, 6) is -5.01. The quantitative estimate of drug-likeness (QED) is 0.522. The molecule has 25 heavy (non-hydrogen) atoms. The third kappa shape index (κ3) is 3.47. The lowest BCUT2D eigenvalue weighted by molar-refractivity contribution is -0.138. The summed E-state index contributed by atoms with van der Waals surface area (Å²) in [4.78, 5) is 0. The van der Waals surface area contributed by atoms with Gasteiger partial charge in [0.25, 0.3) is 0 Å². The fourth-order valence-corrected chi connectivity index (χ4v) is 2.13. The minimum atomic E-state index is -4.91. The maximum atomic E-state index is 14.1. The topological polar surface area (TPSA) is 22.4 Å². The lowest BCUT2D eigenvalue weighted by Crippen LogP contribution is -2.07. The molecule has 3 rings (SSSR count). The van der Waals surface area contributed by atoms with Crippen LogP contribution in [0.5, 0.6) is 11.5 Å². The van der Waals surface area contributed by atoms with E-state index in [1.807, 2.05) is 0 Å². The Morgan fingerprint density at radius 2 is 1.52 bits per heavy atom. The second-order valence-electron chi connectivity index (χ2n) is 4.99. The van der Waals surface area contributed by atoms with Gasteiger partial charge >= 0.3 is 6.18 Å². The van der Waals surface area contributed by atoms with E-state index in [1.54, 1.807) is 6.07 Å². The van der Waals surface area contributed by atoms with Crippen molar-refractivity contribution in [3.8, 4) is 22.8 Å². The van der Waals surface area contributed by atoms with E-state index < -0.39 is 34.9 Å². The highest BCUT2D eigenvalue weighted by Gasteiger charge is 2.33. The summed E-state index contributed by atoms with van der Waals surface area (Å²) in [6.45, 7) is 0. The SMILES string of the molecule is Fc1cc(Oc2c(F)cc(C(F)(F)F)cc2F)ccc1-c1ccco1. The normalized spacial score (nSPS) is 11.6. The smallest absolute Gasteiger partial charge is 0.416 e. The van der Waals surface area contributed by atoms with Crippen LogP contribution < -0.4 is 4.74 Å². The van der Waals surface area contributed by atoms with Crippen molar-refractivity contribution in [3.63, 3.8) is 0 Å². The van der Waals surface area contributed by atoms with Crippen molar-refractivity contribution in [2.75, 3.05) is 0 Å². The molecule has 0 radical (unpaired) electrons. The van der Waals surface area contributed by atoms with E-state index in [0.717, 1.165) is 6.07 Å². The maximum absolute atomic E-state index is 14.1. The van der Waals surface area contributed by atoms with Gasteiger partial charge < -0.3 is 9.15 Å². The highest BCUT2D eigenvalue weighted by atomic mass is 19.4. The largest absolute Gasteiger partial charge is 0.464 e. The predicted octanol–water partition coefficient (Wildman–Crippen LogP) is 6.18. The van der Waals surface area contributed by atoms with Crippen molar-refractivity contribution in [2.45, 2.75) is 6.18 Å². The van der Waals surface area contributed by atoms with Crippen molar-refractivity contribution < 1.29 is 35.5 Å². The van der Waals surface area contributed by atoms with Crippen molar-refractivity contribution in [2.24, 2.45) is 0 Å². The van der Waals surface area contributed by atoms with Crippen molar-refractivity contribution >= 4 is 0 Å². The van der Waals surface area contributed by atoms with Crippen LogP contribution in [0, 0.1) is 17.5 Å². The molecule has 0 unspecified atom stereocenters. The van der Waals surface area contributed by atoms with Crippen LogP contribution in [0.4, 0.5) is 26.3 Å². The second kappa shape index (κ2) is 6.19. The molecule has 1 heterocycles. The molecule has 0 aliphatic rings. The zero-order valence-electron chi connectivity index (χ0n) is 12.2. The van der Waals surface area contributed by atoms with Gasteiger partial charge in [-0.1, -0.05) is 0 Å². The molecule has 3 aromatic rings. The fourth-order valence-electron chi connectivity index (χ4n) is 2.13. The van der Waals surface area contributed by atoms with Gasteiger partial charge in [0.2, 0.25) is 0 Å². The van der Waals surface area contributed by atoms with Crippen molar-refractivity contribution in [1.29, 1.82) is 0 Å². The monoisotopic (exact) mass is 358 g/mol. The Kier molecular flexibility index (Phi) is 4.20. The Morgan fingerprint density at radius 1 is 0.840 bits per heavy atom. The van der Waals surface area contributed by atoms with E-state index in [2.05, 4.69) is 0 Å². The molecule has 0 amide bonds. The van der Waals surface area contributed by atoms with Crippen LogP contribution in [0.25, 0.3) is 11.3 Å². The van der Waals surface area contributed by atoms with Crippen LogP contribution >= 0.6 is 0 Å². The van der Waals surface area contributed by atoms with Crippen molar-refractivity contribution in [3.05, 3.63) is 71.7 Å². The summed E-state index contributed by atoms with van der Waals surface area (Å²) < 4.78 is 89.0. The molecular formula is C17H8F6O2. The Balaban J connectivity index is 1.92. The number of furan rings is 1. The summed E-state index contributed by atoms with van der Waals surface area (Å²) in [5.41, 5.74) is -1.40. The van der Waals surface area contributed by atoms with Gasteiger partial charge in [-0.25, -0.2) is 13.2 Å². The van der Waals surface area contributed by atoms with Gasteiger partial charge in [0.1, 0.15) is 17.3 Å². The van der Waals surface area contributed by atoms with Gasteiger partial charge in [0.05, 0.1) is 17.4 Å². The minimum Gasteiger partial charge on any atom is -0.464 e. The fraction of sp³-hybridized carbons (Fsp3) is 0.0588. The molecule has 8 heteroatoms. The minimum absolute atomic E-state index is 0.0886. The van der Waals surface area contributed by atoms with Gasteiger partial charge in [-0.15, -0.1) is 0 Å². The summed E-state index contributed by atoms with van der Waals surface area (Å²) in [5, 5.41) is 0. The van der Waals surface area contributed by atoms with Crippen LogP contribution in [0.3, 0.4) is 0 Å². The highest BCUT2D eigenvalue weighted by Crippen LogP contribution is 2.36. The molecule has 0 aliphatic heterocycles. The lowest BCUT2D eigenvalue weighted by Gasteiger charge is -2.12. The second-order valence-corrected chi connectivity index (χ2v) is 4.99. The molecule has 0 atom stereocenters. The van der Waals surface area contributed by atoms with Gasteiger partial charge in [-0.05, 0) is 36.4 Å². The highest BCUT2D eigenvalue weighted by molar-refractivity contribution is 5.59. The number of benzene rings is 2. The molecule has 130 valence electrons. The molecule has 0 bridgehead atoms. The summed E-state index contributed by atoms with van der Waals surface area (Å²) >= 11 is 0. The molecule has 2 aromatic carbocycles. The van der Waals surface area contributed by atoms with E-state index in [-0.39, 0.29) is 29.2 Å². The van der Waals surface area contributed by atoms with Gasteiger partial charge in [0, 0.05) is 6.07 Å². The third-order valence-electron chi connectivity index (χ3n) is 3.27. The summed E-state index contributed by atoms with van der Waals surface area (Å²) in [6, 6.07) is 6.56. The number of ether oxygens (including phenoxy) is 1. The molecule has 0 spiro atoms. The first-order valence-corrected chi connectivity index (χ1v) is 6.83. The van der Waals surface area contributed by atoms with Crippen molar-refractivity contribution in [1.82, 2.24) is 0 Å². The average Bonchev–Trinajstić information content (AvgIpc) is 3.04. The Bertz CT molecular complexity index is 877. The van der Waals surface area contributed by atoms with Gasteiger partial charge in [0.15, 0.2) is 17.4 Å². The molecule has 0 saturated carbocycles. The molecular weight excluding hydrogens is 350 g/mol. The summed E-state index contributed by atoms with van der Waals surface area (Å²) in [7, 11) is 0. The average molecular weight is 358 g/mol.